The molecule has 0 bridgehead atoms. The summed E-state index contributed by atoms with van der Waals surface area (Å²) in [7, 11) is 0. The lowest BCUT2D eigenvalue weighted by Crippen LogP contribution is -2.14. The fraction of sp³-hybridized carbons (Fsp3) is 0.0476. The number of aliphatic hydroxyl groups is 1. The van der Waals surface area contributed by atoms with Gasteiger partial charge in [-0.15, -0.1) is 11.3 Å². The lowest BCUT2D eigenvalue weighted by Gasteiger charge is -2.09. The summed E-state index contributed by atoms with van der Waals surface area (Å²) >= 11 is 1.40. The van der Waals surface area contributed by atoms with E-state index in [0.717, 1.165) is 22.2 Å². The van der Waals surface area contributed by atoms with Crippen LogP contribution in [0.2, 0.25) is 0 Å². The van der Waals surface area contributed by atoms with E-state index in [2.05, 4.69) is 4.98 Å². The molecule has 26 heavy (non-hydrogen) atoms. The van der Waals surface area contributed by atoms with Crippen LogP contribution >= 0.6 is 11.3 Å². The van der Waals surface area contributed by atoms with Crippen LogP contribution in [0.25, 0.3) is 26.9 Å². The summed E-state index contributed by atoms with van der Waals surface area (Å²) in [5.41, 5.74) is 4.13. The SMILES string of the molecule is O=c1nc2n(c3c(-c4ccccc4)csc13)CC(O)=C2c1ccccc1. The van der Waals surface area contributed by atoms with Crippen LogP contribution in [0, 0.1) is 0 Å². The monoisotopic (exact) mass is 358 g/mol. The van der Waals surface area contributed by atoms with Gasteiger partial charge in [-0.25, -0.2) is 0 Å². The van der Waals surface area contributed by atoms with E-state index in [1.807, 2.05) is 70.6 Å². The zero-order valence-corrected chi connectivity index (χ0v) is 14.5. The molecule has 0 unspecified atom stereocenters. The first-order chi connectivity index (χ1) is 12.7. The molecule has 2 aromatic carbocycles. The summed E-state index contributed by atoms with van der Waals surface area (Å²) in [6, 6.07) is 19.6. The maximum absolute atomic E-state index is 12.6. The van der Waals surface area contributed by atoms with Gasteiger partial charge in [0.2, 0.25) is 0 Å². The maximum atomic E-state index is 12.6. The average Bonchev–Trinajstić information content (AvgIpc) is 3.25. The van der Waals surface area contributed by atoms with Crippen molar-refractivity contribution in [3.8, 4) is 11.1 Å². The summed E-state index contributed by atoms with van der Waals surface area (Å²) < 4.78 is 2.57. The van der Waals surface area contributed by atoms with E-state index < -0.39 is 0 Å². The molecule has 0 amide bonds. The third-order valence-electron chi connectivity index (χ3n) is 4.66. The van der Waals surface area contributed by atoms with E-state index in [0.29, 0.717) is 22.6 Å². The zero-order valence-electron chi connectivity index (χ0n) is 13.7. The molecule has 1 aliphatic rings. The van der Waals surface area contributed by atoms with Gasteiger partial charge in [-0.1, -0.05) is 60.7 Å². The van der Waals surface area contributed by atoms with Gasteiger partial charge in [-0.3, -0.25) is 4.79 Å². The first kappa shape index (κ1) is 15.1. The molecule has 0 spiro atoms. The Balaban J connectivity index is 1.82. The van der Waals surface area contributed by atoms with E-state index in [-0.39, 0.29) is 11.3 Å². The molecule has 1 N–H and O–H groups in total. The predicted octanol–water partition coefficient (Wildman–Crippen LogP) is 4.46. The van der Waals surface area contributed by atoms with Crippen LogP contribution in [-0.4, -0.2) is 14.7 Å². The average molecular weight is 358 g/mol. The fourth-order valence-corrected chi connectivity index (χ4v) is 4.47. The molecule has 5 heteroatoms. The van der Waals surface area contributed by atoms with Gasteiger partial charge < -0.3 is 9.67 Å². The molecule has 3 heterocycles. The number of thiophene rings is 1. The highest BCUT2D eigenvalue weighted by Crippen LogP contribution is 2.38. The van der Waals surface area contributed by atoms with Crippen LogP contribution in [0.1, 0.15) is 11.4 Å². The molecule has 0 fully saturated rings. The van der Waals surface area contributed by atoms with Crippen LogP contribution in [0.3, 0.4) is 0 Å². The number of benzene rings is 2. The lowest BCUT2D eigenvalue weighted by molar-refractivity contribution is 0.389. The first-order valence-corrected chi connectivity index (χ1v) is 9.17. The number of hydrogen-bond acceptors (Lipinski definition) is 4. The van der Waals surface area contributed by atoms with Crippen LogP contribution < -0.4 is 5.56 Å². The minimum absolute atomic E-state index is 0.237. The number of allylic oxidation sites excluding steroid dienone is 1. The Morgan fingerprint density at radius 3 is 2.31 bits per heavy atom. The highest BCUT2D eigenvalue weighted by molar-refractivity contribution is 7.17. The number of hydrogen-bond donors (Lipinski definition) is 1. The highest BCUT2D eigenvalue weighted by atomic mass is 32.1. The van der Waals surface area contributed by atoms with Crippen molar-refractivity contribution < 1.29 is 5.11 Å². The van der Waals surface area contributed by atoms with Crippen LogP contribution in [0.15, 0.2) is 76.6 Å². The Hall–Kier alpha value is -3.18. The first-order valence-electron chi connectivity index (χ1n) is 8.29. The fourth-order valence-electron chi connectivity index (χ4n) is 3.51. The third kappa shape index (κ3) is 2.14. The lowest BCUT2D eigenvalue weighted by atomic mass is 10.1. The summed E-state index contributed by atoms with van der Waals surface area (Å²) in [5.74, 6) is 0.766. The van der Waals surface area contributed by atoms with Crippen molar-refractivity contribution in [2.24, 2.45) is 0 Å². The van der Waals surface area contributed by atoms with Gasteiger partial charge in [0.05, 0.1) is 17.6 Å². The smallest absolute Gasteiger partial charge is 0.291 e. The molecule has 4 nitrogen and oxygen atoms in total. The van der Waals surface area contributed by atoms with Gasteiger partial charge >= 0.3 is 0 Å². The standard InChI is InChI=1S/C21H14N2O2S/c24-16-11-23-18-15(13-7-3-1-4-8-13)12-26-19(18)21(25)22-20(23)17(16)14-9-5-2-6-10-14/h1-10,12,24H,11H2. The second kappa shape index (κ2) is 5.68. The summed E-state index contributed by atoms with van der Waals surface area (Å²) in [6.07, 6.45) is 0. The highest BCUT2D eigenvalue weighted by Gasteiger charge is 2.28. The van der Waals surface area contributed by atoms with Gasteiger partial charge in [0.1, 0.15) is 16.3 Å². The predicted molar refractivity (Wildman–Crippen MR) is 104 cm³/mol. The number of fused-ring (bicyclic) bond motifs is 3. The van der Waals surface area contributed by atoms with Crippen molar-refractivity contribution in [2.75, 3.05) is 0 Å². The van der Waals surface area contributed by atoms with E-state index in [9.17, 15) is 9.90 Å². The zero-order chi connectivity index (χ0) is 17.7. The molecule has 0 atom stereocenters. The maximum Gasteiger partial charge on any atom is 0.291 e. The largest absolute Gasteiger partial charge is 0.510 e. The quantitative estimate of drug-likeness (QED) is 0.576. The van der Waals surface area contributed by atoms with Gasteiger partial charge in [0.15, 0.2) is 0 Å². The summed E-state index contributed by atoms with van der Waals surface area (Å²) in [5, 5.41) is 12.6. The third-order valence-corrected chi connectivity index (χ3v) is 5.62. The summed E-state index contributed by atoms with van der Waals surface area (Å²) in [4.78, 5) is 16.9. The van der Waals surface area contributed by atoms with Gasteiger partial charge in [0.25, 0.3) is 5.56 Å². The van der Waals surface area contributed by atoms with Crippen molar-refractivity contribution in [3.63, 3.8) is 0 Å². The van der Waals surface area contributed by atoms with Crippen molar-refractivity contribution >= 4 is 27.1 Å². The normalized spacial score (nSPS) is 13.4. The van der Waals surface area contributed by atoms with Gasteiger partial charge in [-0.2, -0.15) is 4.98 Å². The molecule has 2 aromatic heterocycles. The van der Waals surface area contributed by atoms with Gasteiger partial charge in [-0.05, 0) is 11.1 Å². The van der Waals surface area contributed by atoms with Crippen molar-refractivity contribution in [2.45, 2.75) is 6.54 Å². The van der Waals surface area contributed by atoms with E-state index in [1.165, 1.54) is 11.3 Å². The Morgan fingerprint density at radius 2 is 1.62 bits per heavy atom. The number of rotatable bonds is 2. The molecule has 5 rings (SSSR count). The minimum Gasteiger partial charge on any atom is -0.510 e. The van der Waals surface area contributed by atoms with Crippen LogP contribution in [0.4, 0.5) is 0 Å². The molecular formula is C21H14N2O2S. The Bertz CT molecular complexity index is 1220. The second-order valence-electron chi connectivity index (χ2n) is 6.21. The van der Waals surface area contributed by atoms with Crippen LogP contribution in [-0.2, 0) is 6.54 Å². The number of aromatic nitrogens is 2. The molecule has 126 valence electrons. The summed E-state index contributed by atoms with van der Waals surface area (Å²) in [6.45, 7) is 0.319. The molecule has 0 aliphatic carbocycles. The Kier molecular flexibility index (Phi) is 3.30. The van der Waals surface area contributed by atoms with Gasteiger partial charge in [0, 0.05) is 10.9 Å². The molecule has 0 saturated heterocycles. The Labute approximate surface area is 153 Å². The van der Waals surface area contributed by atoms with E-state index in [4.69, 9.17) is 0 Å². The molecule has 4 aromatic rings. The van der Waals surface area contributed by atoms with Crippen molar-refractivity contribution in [1.29, 1.82) is 0 Å². The second-order valence-corrected chi connectivity index (χ2v) is 7.09. The van der Waals surface area contributed by atoms with Crippen molar-refractivity contribution in [1.82, 2.24) is 9.55 Å². The Morgan fingerprint density at radius 1 is 0.962 bits per heavy atom. The molecular weight excluding hydrogens is 344 g/mol. The minimum atomic E-state index is -0.249. The van der Waals surface area contributed by atoms with E-state index >= 15 is 0 Å². The van der Waals surface area contributed by atoms with Crippen molar-refractivity contribution in [3.05, 3.63) is 93.5 Å². The molecule has 1 aliphatic heterocycles. The number of aliphatic hydroxyl groups excluding tert-OH is 1. The van der Waals surface area contributed by atoms with Crippen LogP contribution in [0.5, 0.6) is 0 Å². The van der Waals surface area contributed by atoms with E-state index in [1.54, 1.807) is 0 Å². The molecule has 0 saturated carbocycles. The number of nitrogens with zero attached hydrogens (tertiary/aromatic N) is 2. The topological polar surface area (TPSA) is 55.1 Å². The molecule has 0 radical (unpaired) electrons.